The molecule has 0 spiro atoms. The number of halogens is 1. The topological polar surface area (TPSA) is 29.3 Å². The third-order valence-electron chi connectivity index (χ3n) is 3.31. The molecule has 1 aromatic rings. The van der Waals surface area contributed by atoms with Crippen LogP contribution in [0.25, 0.3) is 0 Å². The van der Waals surface area contributed by atoms with Gasteiger partial charge in [-0.05, 0) is 43.5 Å². The van der Waals surface area contributed by atoms with Gasteiger partial charge in [-0.1, -0.05) is 35.3 Å². The van der Waals surface area contributed by atoms with Gasteiger partial charge in [0.05, 0.1) is 0 Å². The predicted molar refractivity (Wildman–Crippen MR) is 76.9 cm³/mol. The molecule has 94 valence electrons. The number of nitrogens with zero attached hydrogens (tertiary/aromatic N) is 1. The van der Waals surface area contributed by atoms with Gasteiger partial charge >= 0.3 is 0 Å². The molecular formula is C14H21BrN2. The molecular weight excluding hydrogens is 276 g/mol. The monoisotopic (exact) mass is 296 g/mol. The first-order valence-electron chi connectivity index (χ1n) is 6.48. The van der Waals surface area contributed by atoms with Crippen LogP contribution in [0.3, 0.4) is 0 Å². The molecule has 0 aromatic heterocycles. The lowest BCUT2D eigenvalue weighted by molar-refractivity contribution is 0.250. The van der Waals surface area contributed by atoms with Crippen molar-refractivity contribution in [3.05, 3.63) is 28.2 Å². The van der Waals surface area contributed by atoms with E-state index in [1.807, 2.05) is 12.1 Å². The van der Waals surface area contributed by atoms with E-state index in [4.69, 9.17) is 5.73 Å². The fourth-order valence-electron chi connectivity index (χ4n) is 2.10. The molecule has 1 aromatic carbocycles. The summed E-state index contributed by atoms with van der Waals surface area (Å²) in [5, 5.41) is 0. The van der Waals surface area contributed by atoms with E-state index in [1.54, 1.807) is 0 Å². The van der Waals surface area contributed by atoms with Gasteiger partial charge in [-0.2, -0.15) is 0 Å². The molecule has 0 aliphatic heterocycles. The Bertz CT molecular complexity index is 374. The molecule has 0 atom stereocenters. The Labute approximate surface area is 112 Å². The zero-order valence-corrected chi connectivity index (χ0v) is 12.0. The second-order valence-corrected chi connectivity index (χ2v) is 5.76. The first-order valence-corrected chi connectivity index (χ1v) is 7.28. The molecule has 0 unspecified atom stereocenters. The van der Waals surface area contributed by atoms with E-state index in [0.29, 0.717) is 0 Å². The number of rotatable bonds is 6. The Morgan fingerprint density at radius 1 is 1.41 bits per heavy atom. The van der Waals surface area contributed by atoms with Gasteiger partial charge in [0, 0.05) is 22.7 Å². The molecule has 3 heteroatoms. The molecule has 1 aliphatic carbocycles. The van der Waals surface area contributed by atoms with E-state index in [9.17, 15) is 0 Å². The zero-order chi connectivity index (χ0) is 12.3. The maximum atomic E-state index is 5.77. The van der Waals surface area contributed by atoms with Crippen LogP contribution in [0.1, 0.15) is 38.2 Å². The predicted octanol–water partition coefficient (Wildman–Crippen LogP) is 3.80. The minimum Gasteiger partial charge on any atom is -0.399 e. The lowest BCUT2D eigenvalue weighted by atomic mass is 10.2. The Hall–Kier alpha value is -0.540. The van der Waals surface area contributed by atoms with E-state index in [2.05, 4.69) is 33.8 Å². The van der Waals surface area contributed by atoms with Crippen molar-refractivity contribution in [2.24, 2.45) is 0 Å². The highest BCUT2D eigenvalue weighted by atomic mass is 79.9. The van der Waals surface area contributed by atoms with Gasteiger partial charge in [0.2, 0.25) is 0 Å². The SMILES string of the molecule is CCCCN(Cc1ccc(N)cc1Br)C1CC1. The molecule has 2 N–H and O–H groups in total. The average molecular weight is 297 g/mol. The largest absolute Gasteiger partial charge is 0.399 e. The molecule has 0 bridgehead atoms. The van der Waals surface area contributed by atoms with Gasteiger partial charge in [-0.25, -0.2) is 0 Å². The summed E-state index contributed by atoms with van der Waals surface area (Å²) in [7, 11) is 0. The van der Waals surface area contributed by atoms with Crippen LogP contribution < -0.4 is 5.73 Å². The van der Waals surface area contributed by atoms with Crippen LogP contribution in [-0.4, -0.2) is 17.5 Å². The van der Waals surface area contributed by atoms with Crippen LogP contribution in [0.4, 0.5) is 5.69 Å². The maximum absolute atomic E-state index is 5.77. The summed E-state index contributed by atoms with van der Waals surface area (Å²) in [5.74, 6) is 0. The highest BCUT2D eigenvalue weighted by molar-refractivity contribution is 9.10. The van der Waals surface area contributed by atoms with Gasteiger partial charge in [-0.15, -0.1) is 0 Å². The number of hydrogen-bond acceptors (Lipinski definition) is 2. The van der Waals surface area contributed by atoms with Crippen molar-refractivity contribution < 1.29 is 0 Å². The summed E-state index contributed by atoms with van der Waals surface area (Å²) in [4.78, 5) is 2.61. The zero-order valence-electron chi connectivity index (χ0n) is 10.5. The smallest absolute Gasteiger partial charge is 0.0325 e. The van der Waals surface area contributed by atoms with Gasteiger partial charge in [0.25, 0.3) is 0 Å². The maximum Gasteiger partial charge on any atom is 0.0325 e. The van der Waals surface area contributed by atoms with E-state index in [0.717, 1.165) is 22.7 Å². The van der Waals surface area contributed by atoms with Gasteiger partial charge < -0.3 is 5.73 Å². The van der Waals surface area contributed by atoms with Crippen molar-refractivity contribution in [1.29, 1.82) is 0 Å². The molecule has 0 radical (unpaired) electrons. The molecule has 1 aliphatic rings. The molecule has 0 amide bonds. The average Bonchev–Trinajstić information content (AvgIpc) is 3.11. The van der Waals surface area contributed by atoms with Crippen molar-refractivity contribution in [2.75, 3.05) is 12.3 Å². The number of nitrogens with two attached hydrogens (primary N) is 1. The normalized spacial score (nSPS) is 15.5. The highest BCUT2D eigenvalue weighted by Gasteiger charge is 2.28. The Kier molecular flexibility index (Phi) is 4.46. The lowest BCUT2D eigenvalue weighted by Gasteiger charge is -2.22. The van der Waals surface area contributed by atoms with Crippen LogP contribution in [0.5, 0.6) is 0 Å². The third-order valence-corrected chi connectivity index (χ3v) is 4.05. The van der Waals surface area contributed by atoms with Crippen LogP contribution in [0.2, 0.25) is 0 Å². The van der Waals surface area contributed by atoms with E-state index >= 15 is 0 Å². The van der Waals surface area contributed by atoms with Crippen molar-refractivity contribution in [3.8, 4) is 0 Å². The van der Waals surface area contributed by atoms with E-state index < -0.39 is 0 Å². The highest BCUT2D eigenvalue weighted by Crippen LogP contribution is 2.30. The number of hydrogen-bond donors (Lipinski definition) is 1. The number of anilines is 1. The van der Waals surface area contributed by atoms with Crippen LogP contribution in [0, 0.1) is 0 Å². The Morgan fingerprint density at radius 2 is 2.18 bits per heavy atom. The fourth-order valence-corrected chi connectivity index (χ4v) is 2.62. The number of unbranched alkanes of at least 4 members (excludes halogenated alkanes) is 1. The first kappa shape index (κ1) is 12.9. The summed E-state index contributed by atoms with van der Waals surface area (Å²) in [6.07, 6.45) is 5.31. The van der Waals surface area contributed by atoms with Crippen molar-refractivity contribution in [2.45, 2.75) is 45.2 Å². The van der Waals surface area contributed by atoms with Gasteiger partial charge in [0.1, 0.15) is 0 Å². The van der Waals surface area contributed by atoms with Crippen LogP contribution in [-0.2, 0) is 6.54 Å². The molecule has 2 rings (SSSR count). The van der Waals surface area contributed by atoms with E-state index in [1.165, 1.54) is 37.8 Å². The summed E-state index contributed by atoms with van der Waals surface area (Å²) in [6.45, 7) is 4.52. The lowest BCUT2D eigenvalue weighted by Crippen LogP contribution is -2.26. The Morgan fingerprint density at radius 3 is 2.76 bits per heavy atom. The second kappa shape index (κ2) is 5.87. The molecule has 1 fully saturated rings. The van der Waals surface area contributed by atoms with Gasteiger partial charge in [-0.3, -0.25) is 4.90 Å². The second-order valence-electron chi connectivity index (χ2n) is 4.91. The molecule has 1 saturated carbocycles. The summed E-state index contributed by atoms with van der Waals surface area (Å²) in [6, 6.07) is 6.96. The minimum atomic E-state index is 0.825. The first-order chi connectivity index (χ1) is 8.20. The van der Waals surface area contributed by atoms with Crippen molar-refractivity contribution >= 4 is 21.6 Å². The molecule has 17 heavy (non-hydrogen) atoms. The summed E-state index contributed by atoms with van der Waals surface area (Å²) >= 11 is 3.61. The van der Waals surface area contributed by atoms with Crippen molar-refractivity contribution in [1.82, 2.24) is 4.90 Å². The Balaban J connectivity index is 2.00. The quantitative estimate of drug-likeness (QED) is 0.809. The fraction of sp³-hybridized carbons (Fsp3) is 0.571. The number of nitrogen functional groups attached to an aromatic ring is 1. The van der Waals surface area contributed by atoms with Gasteiger partial charge in [0.15, 0.2) is 0 Å². The third kappa shape index (κ3) is 3.71. The van der Waals surface area contributed by atoms with Crippen LogP contribution >= 0.6 is 15.9 Å². The standard InChI is InChI=1S/C14H21BrN2/c1-2-3-8-17(13-6-7-13)10-11-4-5-12(16)9-14(11)15/h4-5,9,13H,2-3,6-8,10,16H2,1H3. The van der Waals surface area contributed by atoms with Crippen molar-refractivity contribution in [3.63, 3.8) is 0 Å². The molecule has 0 saturated heterocycles. The van der Waals surface area contributed by atoms with E-state index in [-0.39, 0.29) is 0 Å². The summed E-state index contributed by atoms with van der Waals surface area (Å²) < 4.78 is 1.14. The van der Waals surface area contributed by atoms with Crippen LogP contribution in [0.15, 0.2) is 22.7 Å². The minimum absolute atomic E-state index is 0.825. The number of benzene rings is 1. The summed E-state index contributed by atoms with van der Waals surface area (Å²) in [5.41, 5.74) is 7.94. The molecule has 2 nitrogen and oxygen atoms in total. The molecule has 0 heterocycles.